The molecule has 4 N–H and O–H groups in total. The van der Waals surface area contributed by atoms with Crippen LogP contribution in [0.5, 0.6) is 0 Å². The maximum absolute atomic E-state index is 6.63. The van der Waals surface area contributed by atoms with Crippen molar-refractivity contribution in [3.8, 4) is 5.69 Å². The number of aryl methyl sites for hydroxylation is 1. The van der Waals surface area contributed by atoms with Crippen molar-refractivity contribution in [3.63, 3.8) is 0 Å². The largest absolute Gasteiger partial charge is 0.399 e. The minimum atomic E-state index is -0.262. The molecule has 0 spiro atoms. The van der Waals surface area contributed by atoms with Gasteiger partial charge in [0, 0.05) is 23.3 Å². The number of hydrogen-bond donors (Lipinski definition) is 2. The summed E-state index contributed by atoms with van der Waals surface area (Å²) in [6, 6.07) is 12.3. The van der Waals surface area contributed by atoms with Crippen molar-refractivity contribution in [3.05, 3.63) is 70.8 Å². The van der Waals surface area contributed by atoms with E-state index in [2.05, 4.69) is 41.9 Å². The number of hydrogen-bond acceptors (Lipinski definition) is 5. The summed E-state index contributed by atoms with van der Waals surface area (Å²) in [6.07, 6.45) is 5.32. The maximum Gasteiger partial charge on any atom is 0.121 e. The Labute approximate surface area is 183 Å². The number of halogens is 1. The molecule has 0 saturated carbocycles. The molecule has 1 aliphatic rings. The second kappa shape index (κ2) is 8.30. The van der Waals surface area contributed by atoms with Crippen molar-refractivity contribution < 1.29 is 0 Å². The molecular formula is C23H29ClN6. The van der Waals surface area contributed by atoms with Gasteiger partial charge in [0.05, 0.1) is 29.6 Å². The van der Waals surface area contributed by atoms with E-state index in [1.54, 1.807) is 0 Å². The van der Waals surface area contributed by atoms with Gasteiger partial charge in [-0.1, -0.05) is 23.7 Å². The van der Waals surface area contributed by atoms with Crippen LogP contribution in [0.4, 0.5) is 11.4 Å². The molecule has 6 nitrogen and oxygen atoms in total. The lowest BCUT2D eigenvalue weighted by Gasteiger charge is -2.38. The van der Waals surface area contributed by atoms with E-state index in [9.17, 15) is 0 Å². The van der Waals surface area contributed by atoms with Crippen molar-refractivity contribution in [1.29, 1.82) is 0 Å². The van der Waals surface area contributed by atoms with Crippen LogP contribution >= 0.6 is 11.6 Å². The Hall–Kier alpha value is -2.54. The highest BCUT2D eigenvalue weighted by Crippen LogP contribution is 2.38. The normalized spacial score (nSPS) is 16.5. The smallest absolute Gasteiger partial charge is 0.121 e. The summed E-state index contributed by atoms with van der Waals surface area (Å²) in [5.41, 5.74) is 19.0. The molecule has 2 aromatic carbocycles. The molecule has 0 fully saturated rings. The van der Waals surface area contributed by atoms with Crippen LogP contribution in [-0.4, -0.2) is 35.1 Å². The molecule has 2 unspecified atom stereocenters. The minimum absolute atomic E-state index is 0.241. The van der Waals surface area contributed by atoms with Gasteiger partial charge in [-0.3, -0.25) is 4.57 Å². The molecule has 0 aliphatic carbocycles. The van der Waals surface area contributed by atoms with E-state index in [4.69, 9.17) is 23.1 Å². The number of rotatable bonds is 6. The molecule has 2 atom stereocenters. The molecule has 0 saturated heterocycles. The van der Waals surface area contributed by atoms with Gasteiger partial charge in [-0.25, -0.2) is 4.98 Å². The van der Waals surface area contributed by atoms with E-state index in [0.717, 1.165) is 47.2 Å². The third-order valence-electron chi connectivity index (χ3n) is 5.98. The molecule has 2 heterocycles. The number of nitrogens with zero attached hydrogens (tertiary/aromatic N) is 4. The van der Waals surface area contributed by atoms with Crippen LogP contribution in [0.15, 0.2) is 48.9 Å². The lowest BCUT2D eigenvalue weighted by atomic mass is 9.96. The van der Waals surface area contributed by atoms with Crippen molar-refractivity contribution in [2.75, 3.05) is 31.3 Å². The predicted octanol–water partition coefficient (Wildman–Crippen LogP) is 4.28. The molecule has 0 bridgehead atoms. The molecule has 3 aromatic rings. The number of fused-ring (bicyclic) bond motifs is 3. The van der Waals surface area contributed by atoms with Crippen LogP contribution in [0.25, 0.3) is 5.69 Å². The Morgan fingerprint density at radius 2 is 2.00 bits per heavy atom. The van der Waals surface area contributed by atoms with Crippen LogP contribution < -0.4 is 16.4 Å². The average Bonchev–Trinajstić information content (AvgIpc) is 3.18. The zero-order chi connectivity index (χ0) is 21.4. The van der Waals surface area contributed by atoms with Gasteiger partial charge in [0.15, 0.2) is 0 Å². The van der Waals surface area contributed by atoms with E-state index >= 15 is 0 Å². The summed E-state index contributed by atoms with van der Waals surface area (Å²) in [7, 11) is 4.21. The second-order valence-electron chi connectivity index (χ2n) is 8.17. The van der Waals surface area contributed by atoms with Crippen LogP contribution in [0.3, 0.4) is 0 Å². The summed E-state index contributed by atoms with van der Waals surface area (Å²) in [4.78, 5) is 8.78. The second-order valence-corrected chi connectivity index (χ2v) is 8.57. The molecule has 158 valence electrons. The third kappa shape index (κ3) is 3.67. The molecule has 30 heavy (non-hydrogen) atoms. The Morgan fingerprint density at radius 3 is 2.73 bits per heavy atom. The highest BCUT2D eigenvalue weighted by atomic mass is 35.5. The van der Waals surface area contributed by atoms with Crippen molar-refractivity contribution in [1.82, 2.24) is 14.5 Å². The lowest BCUT2D eigenvalue weighted by molar-refractivity contribution is 0.278. The van der Waals surface area contributed by atoms with Gasteiger partial charge in [0.1, 0.15) is 6.17 Å². The van der Waals surface area contributed by atoms with E-state index < -0.39 is 0 Å². The van der Waals surface area contributed by atoms with Gasteiger partial charge in [-0.15, -0.1) is 0 Å². The zero-order valence-electron chi connectivity index (χ0n) is 17.7. The van der Waals surface area contributed by atoms with Crippen molar-refractivity contribution in [2.45, 2.75) is 32.0 Å². The number of aromatic nitrogens is 2. The number of nitrogen functional groups attached to an aromatic ring is 1. The lowest BCUT2D eigenvalue weighted by Crippen LogP contribution is -2.40. The SMILES string of the molecule is Cc1cccc(Cl)c1C(CCCN1c2cc(N)ccc2-n2cncc2C1N)N(C)C. The van der Waals surface area contributed by atoms with Gasteiger partial charge in [0.2, 0.25) is 0 Å². The third-order valence-corrected chi connectivity index (χ3v) is 6.31. The number of nitrogens with two attached hydrogens (primary N) is 2. The molecule has 1 aliphatic heterocycles. The molecule has 0 radical (unpaired) electrons. The zero-order valence-corrected chi connectivity index (χ0v) is 18.5. The summed E-state index contributed by atoms with van der Waals surface area (Å²) in [6.45, 7) is 2.94. The van der Waals surface area contributed by atoms with E-state index in [1.807, 2.05) is 47.4 Å². The first kappa shape index (κ1) is 20.7. The van der Waals surface area contributed by atoms with Crippen molar-refractivity contribution >= 4 is 23.0 Å². The van der Waals surface area contributed by atoms with E-state index in [0.29, 0.717) is 0 Å². The summed E-state index contributed by atoms with van der Waals surface area (Å²) < 4.78 is 2.05. The monoisotopic (exact) mass is 424 g/mol. The first-order valence-electron chi connectivity index (χ1n) is 10.2. The summed E-state index contributed by atoms with van der Waals surface area (Å²) >= 11 is 6.57. The minimum Gasteiger partial charge on any atom is -0.399 e. The molecule has 7 heteroatoms. The van der Waals surface area contributed by atoms with Gasteiger partial charge >= 0.3 is 0 Å². The quantitative estimate of drug-likeness (QED) is 0.577. The van der Waals surface area contributed by atoms with E-state index in [-0.39, 0.29) is 12.2 Å². The van der Waals surface area contributed by atoms with Crippen LogP contribution in [0, 0.1) is 6.92 Å². The van der Waals surface area contributed by atoms with Gasteiger partial charge < -0.3 is 21.3 Å². The van der Waals surface area contributed by atoms with Gasteiger partial charge in [0.25, 0.3) is 0 Å². The number of anilines is 2. The van der Waals surface area contributed by atoms with Crippen LogP contribution in [0.2, 0.25) is 5.02 Å². The van der Waals surface area contributed by atoms with Crippen molar-refractivity contribution in [2.24, 2.45) is 5.73 Å². The average molecular weight is 425 g/mol. The topological polar surface area (TPSA) is 76.3 Å². The van der Waals surface area contributed by atoms with E-state index in [1.165, 1.54) is 11.1 Å². The first-order valence-corrected chi connectivity index (χ1v) is 10.6. The van der Waals surface area contributed by atoms with Gasteiger partial charge in [-0.05, 0) is 69.3 Å². The predicted molar refractivity (Wildman–Crippen MR) is 124 cm³/mol. The van der Waals surface area contributed by atoms with Gasteiger partial charge in [-0.2, -0.15) is 0 Å². The maximum atomic E-state index is 6.63. The molecule has 1 aromatic heterocycles. The number of benzene rings is 2. The molecule has 0 amide bonds. The van der Waals surface area contributed by atoms with Crippen LogP contribution in [-0.2, 0) is 0 Å². The fraction of sp³-hybridized carbons (Fsp3) is 0.348. The Bertz CT molecular complexity index is 1020. The highest BCUT2D eigenvalue weighted by molar-refractivity contribution is 6.31. The highest BCUT2D eigenvalue weighted by Gasteiger charge is 2.29. The standard InChI is InChI=1S/C23H29ClN6/c1-15-6-4-7-17(24)22(15)19(28(2)3)8-5-11-29-20-12-16(25)9-10-18(20)30-14-27-13-21(30)23(29)26/h4,6-7,9-10,12-14,19,23H,5,8,11,25-26H2,1-3H3. The Balaban J connectivity index is 1.57. The Kier molecular flexibility index (Phi) is 5.73. The molecular weight excluding hydrogens is 396 g/mol. The number of imidazole rings is 1. The molecule has 4 rings (SSSR count). The fourth-order valence-electron chi connectivity index (χ4n) is 4.45. The summed E-state index contributed by atoms with van der Waals surface area (Å²) in [5.74, 6) is 0. The Morgan fingerprint density at radius 1 is 1.20 bits per heavy atom. The summed E-state index contributed by atoms with van der Waals surface area (Å²) in [5, 5.41) is 0.824. The van der Waals surface area contributed by atoms with Crippen LogP contribution in [0.1, 0.15) is 41.9 Å². The first-order chi connectivity index (χ1) is 14.4. The fourth-order valence-corrected chi connectivity index (χ4v) is 4.80.